The Morgan fingerprint density at radius 3 is 2.35 bits per heavy atom. The molecule has 2 aromatic rings. The number of aryl methyl sites for hydroxylation is 1. The van der Waals surface area contributed by atoms with Gasteiger partial charge in [-0.3, -0.25) is 0 Å². The first kappa shape index (κ1) is 16.0. The van der Waals surface area contributed by atoms with Crippen LogP contribution < -0.4 is 14.7 Å². The van der Waals surface area contributed by atoms with Gasteiger partial charge in [-0.25, -0.2) is 15.0 Å². The minimum atomic E-state index is 0.932. The summed E-state index contributed by atoms with van der Waals surface area (Å²) in [6.07, 6.45) is 3.50. The van der Waals surface area contributed by atoms with Crippen molar-refractivity contribution in [2.75, 3.05) is 55.0 Å². The van der Waals surface area contributed by atoms with Gasteiger partial charge in [-0.1, -0.05) is 0 Å². The van der Waals surface area contributed by atoms with E-state index in [0.29, 0.717) is 0 Å². The summed E-state index contributed by atoms with van der Waals surface area (Å²) in [7, 11) is 3.98. The van der Waals surface area contributed by atoms with Gasteiger partial charge in [0.15, 0.2) is 0 Å². The van der Waals surface area contributed by atoms with E-state index in [1.165, 1.54) is 5.56 Å². The molecular formula is C16H21BrN6. The van der Waals surface area contributed by atoms with Crippen molar-refractivity contribution in [1.29, 1.82) is 0 Å². The third-order valence-corrected chi connectivity index (χ3v) is 4.45. The standard InChI is InChI=1S/C16H21BrN6/c1-12-8-13(17)10-18-16(12)23-6-4-22(5-7-23)15-9-14(21(2)3)19-11-20-15/h8-11H,4-7H2,1-3H3. The van der Waals surface area contributed by atoms with Gasteiger partial charge in [-0.2, -0.15) is 0 Å². The van der Waals surface area contributed by atoms with E-state index in [4.69, 9.17) is 0 Å². The molecule has 23 heavy (non-hydrogen) atoms. The third-order valence-electron chi connectivity index (χ3n) is 4.02. The first-order chi connectivity index (χ1) is 11.0. The summed E-state index contributed by atoms with van der Waals surface area (Å²) in [4.78, 5) is 19.9. The summed E-state index contributed by atoms with van der Waals surface area (Å²) < 4.78 is 1.02. The van der Waals surface area contributed by atoms with Crippen LogP contribution in [0.5, 0.6) is 0 Å². The molecule has 7 heteroatoms. The number of aromatic nitrogens is 3. The Morgan fingerprint density at radius 2 is 1.70 bits per heavy atom. The first-order valence-corrected chi connectivity index (χ1v) is 8.45. The zero-order valence-electron chi connectivity index (χ0n) is 13.7. The summed E-state index contributed by atoms with van der Waals surface area (Å²) in [5.41, 5.74) is 1.20. The number of hydrogen-bond acceptors (Lipinski definition) is 6. The average Bonchev–Trinajstić information content (AvgIpc) is 2.55. The number of halogens is 1. The second-order valence-corrected chi connectivity index (χ2v) is 6.81. The lowest BCUT2D eigenvalue weighted by molar-refractivity contribution is 0.639. The van der Waals surface area contributed by atoms with Gasteiger partial charge >= 0.3 is 0 Å². The molecule has 0 saturated carbocycles. The lowest BCUT2D eigenvalue weighted by Crippen LogP contribution is -2.47. The number of hydrogen-bond donors (Lipinski definition) is 0. The fourth-order valence-corrected chi connectivity index (χ4v) is 3.21. The summed E-state index contributed by atoms with van der Waals surface area (Å²) in [5, 5.41) is 0. The smallest absolute Gasteiger partial charge is 0.134 e. The molecule has 0 aromatic carbocycles. The van der Waals surface area contributed by atoms with Gasteiger partial charge in [-0.15, -0.1) is 0 Å². The van der Waals surface area contributed by atoms with Crippen molar-refractivity contribution in [1.82, 2.24) is 15.0 Å². The van der Waals surface area contributed by atoms with E-state index >= 15 is 0 Å². The Balaban J connectivity index is 1.70. The molecule has 1 aliphatic rings. The van der Waals surface area contributed by atoms with Crippen molar-refractivity contribution in [3.05, 3.63) is 34.7 Å². The maximum Gasteiger partial charge on any atom is 0.134 e. The fourth-order valence-electron chi connectivity index (χ4n) is 2.77. The molecule has 0 radical (unpaired) electrons. The van der Waals surface area contributed by atoms with Crippen molar-refractivity contribution in [2.24, 2.45) is 0 Å². The highest BCUT2D eigenvalue weighted by Gasteiger charge is 2.20. The van der Waals surface area contributed by atoms with Gasteiger partial charge in [-0.05, 0) is 34.5 Å². The monoisotopic (exact) mass is 376 g/mol. The van der Waals surface area contributed by atoms with E-state index in [1.54, 1.807) is 6.33 Å². The topological polar surface area (TPSA) is 48.4 Å². The van der Waals surface area contributed by atoms with E-state index in [0.717, 1.165) is 48.1 Å². The molecule has 0 bridgehead atoms. The lowest BCUT2D eigenvalue weighted by Gasteiger charge is -2.36. The summed E-state index contributed by atoms with van der Waals surface area (Å²) in [5.74, 6) is 3.00. The molecule has 0 N–H and O–H groups in total. The van der Waals surface area contributed by atoms with Crippen LogP contribution in [-0.4, -0.2) is 55.2 Å². The minimum absolute atomic E-state index is 0.932. The minimum Gasteiger partial charge on any atom is -0.363 e. The predicted octanol–water partition coefficient (Wildman–Crippen LogP) is 2.34. The largest absolute Gasteiger partial charge is 0.363 e. The first-order valence-electron chi connectivity index (χ1n) is 7.66. The maximum absolute atomic E-state index is 4.56. The Morgan fingerprint density at radius 1 is 1.00 bits per heavy atom. The highest BCUT2D eigenvalue weighted by molar-refractivity contribution is 9.10. The fraction of sp³-hybridized carbons (Fsp3) is 0.438. The van der Waals surface area contributed by atoms with Gasteiger partial charge < -0.3 is 14.7 Å². The zero-order valence-corrected chi connectivity index (χ0v) is 15.3. The van der Waals surface area contributed by atoms with Crippen molar-refractivity contribution in [3.63, 3.8) is 0 Å². The Kier molecular flexibility index (Phi) is 4.66. The van der Waals surface area contributed by atoms with Crippen LogP contribution in [0.15, 0.2) is 29.1 Å². The van der Waals surface area contributed by atoms with Gasteiger partial charge in [0.05, 0.1) is 0 Å². The van der Waals surface area contributed by atoms with E-state index in [-0.39, 0.29) is 0 Å². The number of rotatable bonds is 3. The van der Waals surface area contributed by atoms with Crippen molar-refractivity contribution < 1.29 is 0 Å². The molecule has 0 atom stereocenters. The number of nitrogens with zero attached hydrogens (tertiary/aromatic N) is 6. The molecule has 1 fully saturated rings. The summed E-state index contributed by atoms with van der Waals surface area (Å²) in [6.45, 7) is 5.85. The molecule has 122 valence electrons. The Bertz CT molecular complexity index is 682. The Hall–Kier alpha value is -1.89. The average molecular weight is 377 g/mol. The van der Waals surface area contributed by atoms with Gasteiger partial charge in [0, 0.05) is 57.0 Å². The zero-order chi connectivity index (χ0) is 16.4. The van der Waals surface area contributed by atoms with E-state index in [9.17, 15) is 0 Å². The molecule has 3 heterocycles. The van der Waals surface area contributed by atoms with Crippen LogP contribution in [0, 0.1) is 6.92 Å². The van der Waals surface area contributed by atoms with Crippen LogP contribution in [0.1, 0.15) is 5.56 Å². The lowest BCUT2D eigenvalue weighted by atomic mass is 10.2. The van der Waals surface area contributed by atoms with Crippen molar-refractivity contribution in [2.45, 2.75) is 6.92 Å². The second kappa shape index (κ2) is 6.70. The third kappa shape index (κ3) is 3.55. The van der Waals surface area contributed by atoms with Gasteiger partial charge in [0.1, 0.15) is 23.8 Å². The van der Waals surface area contributed by atoms with E-state index in [2.05, 4.69) is 53.7 Å². The molecule has 6 nitrogen and oxygen atoms in total. The highest BCUT2D eigenvalue weighted by atomic mass is 79.9. The molecule has 0 unspecified atom stereocenters. The van der Waals surface area contributed by atoms with Gasteiger partial charge in [0.25, 0.3) is 0 Å². The van der Waals surface area contributed by atoms with Crippen molar-refractivity contribution in [3.8, 4) is 0 Å². The van der Waals surface area contributed by atoms with E-state index in [1.807, 2.05) is 31.3 Å². The second-order valence-electron chi connectivity index (χ2n) is 5.90. The Labute approximate surface area is 145 Å². The van der Waals surface area contributed by atoms with Crippen molar-refractivity contribution >= 4 is 33.4 Å². The van der Waals surface area contributed by atoms with Crippen LogP contribution in [0.25, 0.3) is 0 Å². The van der Waals surface area contributed by atoms with Crippen LogP contribution in [0.3, 0.4) is 0 Å². The molecule has 0 amide bonds. The number of piperazine rings is 1. The molecule has 0 spiro atoms. The van der Waals surface area contributed by atoms with Crippen LogP contribution in [0.4, 0.5) is 17.5 Å². The molecular weight excluding hydrogens is 356 g/mol. The number of pyridine rings is 1. The highest BCUT2D eigenvalue weighted by Crippen LogP contribution is 2.23. The maximum atomic E-state index is 4.56. The quantitative estimate of drug-likeness (QED) is 0.819. The molecule has 2 aromatic heterocycles. The molecule has 1 aliphatic heterocycles. The SMILES string of the molecule is Cc1cc(Br)cnc1N1CCN(c2cc(N(C)C)ncn2)CC1. The molecule has 3 rings (SSSR count). The van der Waals surface area contributed by atoms with E-state index < -0.39 is 0 Å². The van der Waals surface area contributed by atoms with Crippen LogP contribution in [0.2, 0.25) is 0 Å². The molecule has 0 aliphatic carbocycles. The summed E-state index contributed by atoms with van der Waals surface area (Å²) in [6, 6.07) is 4.15. The summed E-state index contributed by atoms with van der Waals surface area (Å²) >= 11 is 3.47. The van der Waals surface area contributed by atoms with Crippen LogP contribution in [-0.2, 0) is 0 Å². The van der Waals surface area contributed by atoms with Crippen LogP contribution >= 0.6 is 15.9 Å². The normalized spacial score (nSPS) is 15.0. The van der Waals surface area contributed by atoms with Gasteiger partial charge in [0.2, 0.25) is 0 Å². The molecule has 1 saturated heterocycles. The number of anilines is 3. The predicted molar refractivity (Wildman–Crippen MR) is 97.5 cm³/mol.